The first kappa shape index (κ1) is 20.5. The third-order valence-corrected chi connectivity index (χ3v) is 4.82. The number of amides is 2. The number of anilines is 2. The molecule has 3 rings (SSSR count). The van der Waals surface area contributed by atoms with E-state index in [1.807, 2.05) is 6.92 Å². The number of pyridine rings is 1. The summed E-state index contributed by atoms with van der Waals surface area (Å²) in [7, 11) is 0. The number of halogens is 3. The lowest BCUT2D eigenvalue weighted by Gasteiger charge is -2.12. The number of hydrogen-bond acceptors (Lipinski definition) is 4. The van der Waals surface area contributed by atoms with Crippen LogP contribution in [0.2, 0.25) is 10.0 Å². The fourth-order valence-electron chi connectivity index (χ4n) is 2.64. The molecule has 1 aromatic carbocycles. The average molecular weight is 425 g/mol. The van der Waals surface area contributed by atoms with E-state index in [1.165, 1.54) is 12.3 Å². The van der Waals surface area contributed by atoms with Gasteiger partial charge in [-0.25, -0.2) is 9.37 Å². The van der Waals surface area contributed by atoms with Gasteiger partial charge in [-0.15, -0.1) is 0 Å². The monoisotopic (exact) mass is 424 g/mol. The van der Waals surface area contributed by atoms with Crippen molar-refractivity contribution in [1.82, 2.24) is 10.3 Å². The van der Waals surface area contributed by atoms with Crippen LogP contribution in [0.25, 0.3) is 0 Å². The van der Waals surface area contributed by atoms with Gasteiger partial charge in [0, 0.05) is 24.5 Å². The Bertz CT molecular complexity index is 886. The summed E-state index contributed by atoms with van der Waals surface area (Å²) in [6.07, 6.45) is 0.555. The molecule has 9 heteroatoms. The van der Waals surface area contributed by atoms with Gasteiger partial charge in [0.1, 0.15) is 12.0 Å². The second-order valence-electron chi connectivity index (χ2n) is 6.45. The summed E-state index contributed by atoms with van der Waals surface area (Å²) in [5, 5.41) is 8.86. The standard InChI is InChI=1S/C19H19Cl2FN4O2/c1-2-23-9-10-5-13(20)17(14(21)6-10)19(28)25-11-3-4-24-16(7-11)26-18(27)12-8-15(12)22/h3-7,12,15,23H,2,8-9H2,1H3,(H2,24,25,26,27,28)/t12-,15+/m1/s1. The summed E-state index contributed by atoms with van der Waals surface area (Å²) in [6, 6.07) is 6.41. The largest absolute Gasteiger partial charge is 0.322 e. The third-order valence-electron chi connectivity index (χ3n) is 4.23. The van der Waals surface area contributed by atoms with Crippen LogP contribution in [0, 0.1) is 5.92 Å². The Balaban J connectivity index is 1.71. The van der Waals surface area contributed by atoms with Crippen molar-refractivity contribution in [3.8, 4) is 0 Å². The van der Waals surface area contributed by atoms with Gasteiger partial charge in [0.05, 0.1) is 21.5 Å². The van der Waals surface area contributed by atoms with Crippen molar-refractivity contribution in [2.75, 3.05) is 17.2 Å². The average Bonchev–Trinajstić information content (AvgIpc) is 3.36. The topological polar surface area (TPSA) is 83.1 Å². The maximum atomic E-state index is 13.0. The molecule has 1 aromatic heterocycles. The first-order valence-corrected chi connectivity index (χ1v) is 9.55. The van der Waals surface area contributed by atoms with Gasteiger partial charge in [0.2, 0.25) is 5.91 Å². The molecule has 148 valence electrons. The van der Waals surface area contributed by atoms with Crippen LogP contribution in [-0.4, -0.2) is 29.5 Å². The summed E-state index contributed by atoms with van der Waals surface area (Å²) >= 11 is 12.5. The number of nitrogens with one attached hydrogen (secondary N) is 3. The molecule has 1 saturated carbocycles. The summed E-state index contributed by atoms with van der Waals surface area (Å²) in [5.41, 5.74) is 1.42. The normalized spacial score (nSPS) is 17.9. The maximum absolute atomic E-state index is 13.0. The number of rotatable bonds is 7. The second kappa shape index (κ2) is 8.86. The minimum atomic E-state index is -1.09. The first-order valence-electron chi connectivity index (χ1n) is 8.80. The van der Waals surface area contributed by atoms with Gasteiger partial charge >= 0.3 is 0 Å². The molecule has 2 aromatic rings. The molecule has 2 amide bonds. The lowest BCUT2D eigenvalue weighted by molar-refractivity contribution is -0.117. The molecule has 2 atom stereocenters. The van der Waals surface area contributed by atoms with Crippen molar-refractivity contribution < 1.29 is 14.0 Å². The molecule has 3 N–H and O–H groups in total. The third kappa shape index (κ3) is 4.98. The fraction of sp³-hybridized carbons (Fsp3) is 0.316. The number of carbonyl (C=O) groups excluding carboxylic acids is 2. The van der Waals surface area contributed by atoms with Crippen LogP contribution in [-0.2, 0) is 11.3 Å². The summed E-state index contributed by atoms with van der Waals surface area (Å²) in [6.45, 7) is 3.37. The molecule has 1 fully saturated rings. The Morgan fingerprint density at radius 3 is 2.50 bits per heavy atom. The van der Waals surface area contributed by atoms with Crippen LogP contribution in [0.1, 0.15) is 29.3 Å². The molecule has 28 heavy (non-hydrogen) atoms. The van der Waals surface area contributed by atoms with Crippen LogP contribution >= 0.6 is 23.2 Å². The van der Waals surface area contributed by atoms with E-state index < -0.39 is 23.9 Å². The molecule has 0 spiro atoms. The number of aromatic nitrogens is 1. The van der Waals surface area contributed by atoms with Gasteiger partial charge < -0.3 is 16.0 Å². The van der Waals surface area contributed by atoms with E-state index in [0.717, 1.165) is 12.1 Å². The Hall–Kier alpha value is -2.22. The number of alkyl halides is 1. The lowest BCUT2D eigenvalue weighted by Crippen LogP contribution is -2.17. The van der Waals surface area contributed by atoms with Gasteiger partial charge in [-0.2, -0.15) is 0 Å². The number of benzene rings is 1. The SMILES string of the molecule is CCNCc1cc(Cl)c(C(=O)Nc2ccnc(NC(=O)[C@@H]3C[C@@H]3F)c2)c(Cl)c1. The predicted octanol–water partition coefficient (Wildman–Crippen LogP) is 4.05. The van der Waals surface area contributed by atoms with E-state index in [0.29, 0.717) is 12.2 Å². The molecule has 0 aliphatic heterocycles. The van der Waals surface area contributed by atoms with E-state index in [9.17, 15) is 14.0 Å². The minimum absolute atomic E-state index is 0.157. The Labute approximate surface area is 171 Å². The Morgan fingerprint density at radius 1 is 1.21 bits per heavy atom. The lowest BCUT2D eigenvalue weighted by atomic mass is 10.1. The number of nitrogens with zero attached hydrogens (tertiary/aromatic N) is 1. The first-order chi connectivity index (χ1) is 13.4. The van der Waals surface area contributed by atoms with Crippen molar-refractivity contribution in [3.05, 3.63) is 51.6 Å². The molecule has 0 saturated heterocycles. The fourth-order valence-corrected chi connectivity index (χ4v) is 3.34. The van der Waals surface area contributed by atoms with Crippen LogP contribution in [0.15, 0.2) is 30.5 Å². The smallest absolute Gasteiger partial charge is 0.258 e. The molecular weight excluding hydrogens is 406 g/mol. The van der Waals surface area contributed by atoms with Gasteiger partial charge in [0.15, 0.2) is 0 Å². The maximum Gasteiger partial charge on any atom is 0.258 e. The minimum Gasteiger partial charge on any atom is -0.322 e. The highest BCUT2D eigenvalue weighted by Crippen LogP contribution is 2.34. The van der Waals surface area contributed by atoms with E-state index >= 15 is 0 Å². The van der Waals surface area contributed by atoms with Gasteiger partial charge in [-0.05, 0) is 36.7 Å². The molecule has 1 heterocycles. The van der Waals surface area contributed by atoms with E-state index in [4.69, 9.17) is 23.2 Å². The second-order valence-corrected chi connectivity index (χ2v) is 7.26. The van der Waals surface area contributed by atoms with Crippen molar-refractivity contribution in [3.63, 3.8) is 0 Å². The molecule has 0 unspecified atom stereocenters. The van der Waals surface area contributed by atoms with Gasteiger partial charge in [0.25, 0.3) is 5.91 Å². The molecular formula is C19H19Cl2FN4O2. The Morgan fingerprint density at radius 2 is 1.89 bits per heavy atom. The quantitative estimate of drug-likeness (QED) is 0.625. The molecule has 0 radical (unpaired) electrons. The summed E-state index contributed by atoms with van der Waals surface area (Å²) in [4.78, 5) is 28.4. The van der Waals surface area contributed by atoms with Gasteiger partial charge in [-0.3, -0.25) is 9.59 Å². The molecule has 1 aliphatic carbocycles. The van der Waals surface area contributed by atoms with Crippen LogP contribution in [0.5, 0.6) is 0 Å². The zero-order valence-electron chi connectivity index (χ0n) is 15.1. The molecule has 1 aliphatic rings. The zero-order valence-corrected chi connectivity index (χ0v) is 16.6. The number of carbonyl (C=O) groups is 2. The van der Waals surface area contributed by atoms with Crippen LogP contribution < -0.4 is 16.0 Å². The summed E-state index contributed by atoms with van der Waals surface area (Å²) < 4.78 is 13.0. The van der Waals surface area contributed by atoms with Crippen molar-refractivity contribution in [2.45, 2.75) is 26.1 Å². The van der Waals surface area contributed by atoms with Crippen LogP contribution in [0.3, 0.4) is 0 Å². The predicted molar refractivity (Wildman–Crippen MR) is 108 cm³/mol. The Kier molecular flexibility index (Phi) is 6.49. The summed E-state index contributed by atoms with van der Waals surface area (Å²) in [5.74, 6) is -1.32. The van der Waals surface area contributed by atoms with E-state index in [1.54, 1.807) is 18.2 Å². The molecule has 6 nitrogen and oxygen atoms in total. The van der Waals surface area contributed by atoms with Crippen molar-refractivity contribution >= 4 is 46.5 Å². The number of hydrogen-bond donors (Lipinski definition) is 3. The highest BCUT2D eigenvalue weighted by molar-refractivity contribution is 6.40. The van der Waals surface area contributed by atoms with Gasteiger partial charge in [-0.1, -0.05) is 30.1 Å². The van der Waals surface area contributed by atoms with E-state index in [2.05, 4.69) is 20.9 Å². The molecule has 0 bridgehead atoms. The zero-order chi connectivity index (χ0) is 20.3. The van der Waals surface area contributed by atoms with Crippen LogP contribution in [0.4, 0.5) is 15.9 Å². The van der Waals surface area contributed by atoms with Crippen molar-refractivity contribution in [2.24, 2.45) is 5.92 Å². The highest BCUT2D eigenvalue weighted by Gasteiger charge is 2.43. The van der Waals surface area contributed by atoms with E-state index in [-0.39, 0.29) is 27.8 Å². The highest BCUT2D eigenvalue weighted by atomic mass is 35.5. The van der Waals surface area contributed by atoms with Crippen molar-refractivity contribution in [1.29, 1.82) is 0 Å².